The van der Waals surface area contributed by atoms with Crippen molar-refractivity contribution in [3.63, 3.8) is 0 Å². The predicted molar refractivity (Wildman–Crippen MR) is 95.4 cm³/mol. The minimum absolute atomic E-state index is 0.0324. The Morgan fingerprint density at radius 2 is 1.96 bits per heavy atom. The van der Waals surface area contributed by atoms with Gasteiger partial charge in [0, 0.05) is 19.7 Å². The molecule has 26 heavy (non-hydrogen) atoms. The number of halogens is 1. The van der Waals surface area contributed by atoms with E-state index >= 15 is 0 Å². The van der Waals surface area contributed by atoms with Crippen LogP contribution >= 0.6 is 0 Å². The lowest BCUT2D eigenvalue weighted by molar-refractivity contribution is 0.0131. The van der Waals surface area contributed by atoms with Gasteiger partial charge in [0.05, 0.1) is 12.7 Å². The molecule has 0 aliphatic carbocycles. The number of hydrogen-bond donors (Lipinski definition) is 1. The summed E-state index contributed by atoms with van der Waals surface area (Å²) in [4.78, 5) is 24.2. The van der Waals surface area contributed by atoms with Gasteiger partial charge < -0.3 is 19.5 Å². The van der Waals surface area contributed by atoms with Crippen LogP contribution in [0.3, 0.4) is 0 Å². The predicted octanol–water partition coefficient (Wildman–Crippen LogP) is 3.24. The number of aliphatic hydroxyl groups is 1. The first-order chi connectivity index (χ1) is 12.2. The van der Waals surface area contributed by atoms with Gasteiger partial charge in [0.15, 0.2) is 0 Å². The van der Waals surface area contributed by atoms with E-state index in [4.69, 9.17) is 9.84 Å². The standard InChI is InChI=1S/C11H21NO3.C8H7FO2/c1-11(2,3)15-10(14)12-6-4-5-9(7-12)8-13;1-11-8(10)6-4-2-3-5-7(6)9/h9,13H,4-8H2,1-3H3;2-5H,1H3. The Hall–Kier alpha value is -2.15. The number of benzene rings is 1. The van der Waals surface area contributed by atoms with Crippen molar-refractivity contribution in [2.45, 2.75) is 39.2 Å². The van der Waals surface area contributed by atoms with Crippen LogP contribution in [0.25, 0.3) is 0 Å². The highest BCUT2D eigenvalue weighted by molar-refractivity contribution is 5.89. The van der Waals surface area contributed by atoms with Gasteiger partial charge in [-0.05, 0) is 51.7 Å². The third kappa shape index (κ3) is 7.39. The van der Waals surface area contributed by atoms with E-state index in [9.17, 15) is 14.0 Å². The number of carbonyl (C=O) groups excluding carboxylic acids is 2. The first-order valence-corrected chi connectivity index (χ1v) is 8.59. The minimum atomic E-state index is -0.650. The third-order valence-corrected chi connectivity index (χ3v) is 3.71. The van der Waals surface area contributed by atoms with Crippen LogP contribution in [-0.2, 0) is 9.47 Å². The quantitative estimate of drug-likeness (QED) is 0.810. The zero-order chi connectivity index (χ0) is 19.7. The van der Waals surface area contributed by atoms with Crippen molar-refractivity contribution in [3.05, 3.63) is 35.6 Å². The Bertz CT molecular complexity index is 600. The summed E-state index contributed by atoms with van der Waals surface area (Å²) in [5.41, 5.74) is -0.474. The van der Waals surface area contributed by atoms with E-state index in [1.165, 1.54) is 25.3 Å². The number of rotatable bonds is 2. The molecule has 1 heterocycles. The van der Waals surface area contributed by atoms with Gasteiger partial charge in [-0.15, -0.1) is 0 Å². The Balaban J connectivity index is 0.000000273. The summed E-state index contributed by atoms with van der Waals surface area (Å²) in [5.74, 6) is -0.992. The molecule has 0 radical (unpaired) electrons. The van der Waals surface area contributed by atoms with E-state index in [1.807, 2.05) is 20.8 Å². The number of esters is 1. The van der Waals surface area contributed by atoms with Crippen molar-refractivity contribution in [1.82, 2.24) is 4.90 Å². The summed E-state index contributed by atoms with van der Waals surface area (Å²) in [7, 11) is 1.22. The van der Waals surface area contributed by atoms with Crippen LogP contribution in [-0.4, -0.2) is 54.5 Å². The molecule has 1 N–H and O–H groups in total. The maximum atomic E-state index is 12.7. The molecule has 0 spiro atoms. The van der Waals surface area contributed by atoms with Crippen LogP contribution in [0.15, 0.2) is 24.3 Å². The molecule has 1 aromatic rings. The normalized spacial score (nSPS) is 17.0. The highest BCUT2D eigenvalue weighted by Crippen LogP contribution is 2.18. The molecule has 146 valence electrons. The Morgan fingerprint density at radius 1 is 1.31 bits per heavy atom. The number of aliphatic hydroxyl groups excluding tert-OH is 1. The van der Waals surface area contributed by atoms with Crippen LogP contribution in [0, 0.1) is 11.7 Å². The summed E-state index contributed by atoms with van der Waals surface area (Å²) in [6.45, 7) is 7.09. The van der Waals surface area contributed by atoms with Crippen molar-refractivity contribution < 1.29 is 28.6 Å². The Kier molecular flexibility index (Phi) is 8.51. The van der Waals surface area contributed by atoms with Gasteiger partial charge in [-0.2, -0.15) is 0 Å². The molecular weight excluding hydrogens is 341 g/mol. The molecule has 0 aromatic heterocycles. The summed E-state index contributed by atoms with van der Waals surface area (Å²) >= 11 is 0. The molecule has 1 aliphatic rings. The lowest BCUT2D eigenvalue weighted by atomic mass is 9.99. The smallest absolute Gasteiger partial charge is 0.410 e. The average Bonchev–Trinajstić information content (AvgIpc) is 2.60. The number of methoxy groups -OCH3 is 1. The SMILES string of the molecule is CC(C)(C)OC(=O)N1CCCC(CO)C1.COC(=O)c1ccccc1F. The van der Waals surface area contributed by atoms with Gasteiger partial charge in [0.25, 0.3) is 0 Å². The Labute approximate surface area is 153 Å². The number of nitrogens with zero attached hydrogens (tertiary/aromatic N) is 1. The second kappa shape index (κ2) is 10.1. The average molecular weight is 369 g/mol. The van der Waals surface area contributed by atoms with E-state index < -0.39 is 17.4 Å². The van der Waals surface area contributed by atoms with Crippen LogP contribution in [0.4, 0.5) is 9.18 Å². The van der Waals surface area contributed by atoms with Crippen LogP contribution in [0.1, 0.15) is 44.0 Å². The van der Waals surface area contributed by atoms with Crippen LogP contribution in [0.5, 0.6) is 0 Å². The molecule has 2 rings (SSSR count). The molecule has 1 atom stereocenters. The van der Waals surface area contributed by atoms with Crippen molar-refractivity contribution >= 4 is 12.1 Å². The fourth-order valence-electron chi connectivity index (χ4n) is 2.44. The minimum Gasteiger partial charge on any atom is -0.465 e. The fourth-order valence-corrected chi connectivity index (χ4v) is 2.44. The van der Waals surface area contributed by atoms with Crippen molar-refractivity contribution in [3.8, 4) is 0 Å². The molecule has 7 heteroatoms. The molecule has 0 saturated carbocycles. The molecular formula is C19H28FNO5. The van der Waals surface area contributed by atoms with Crippen LogP contribution < -0.4 is 0 Å². The molecule has 1 unspecified atom stereocenters. The molecule has 1 amide bonds. The number of ether oxygens (including phenoxy) is 2. The third-order valence-electron chi connectivity index (χ3n) is 3.71. The molecule has 1 saturated heterocycles. The second-order valence-corrected chi connectivity index (χ2v) is 7.09. The summed E-state index contributed by atoms with van der Waals surface area (Å²) in [6.07, 6.45) is 1.68. The van der Waals surface area contributed by atoms with Crippen LogP contribution in [0.2, 0.25) is 0 Å². The zero-order valence-electron chi connectivity index (χ0n) is 15.8. The highest BCUT2D eigenvalue weighted by Gasteiger charge is 2.27. The molecule has 1 fully saturated rings. The number of likely N-dealkylation sites (tertiary alicyclic amines) is 1. The maximum absolute atomic E-state index is 12.7. The van der Waals surface area contributed by atoms with E-state index in [1.54, 1.807) is 11.0 Å². The summed E-state index contributed by atoms with van der Waals surface area (Å²) < 4.78 is 22.3. The van der Waals surface area contributed by atoms with E-state index in [0.717, 1.165) is 19.4 Å². The van der Waals surface area contributed by atoms with Crippen molar-refractivity contribution in [2.75, 3.05) is 26.8 Å². The number of carbonyl (C=O) groups is 2. The number of piperidine rings is 1. The number of amides is 1. The lowest BCUT2D eigenvalue weighted by Gasteiger charge is -2.33. The first kappa shape index (κ1) is 21.9. The van der Waals surface area contributed by atoms with Crippen molar-refractivity contribution in [1.29, 1.82) is 0 Å². The van der Waals surface area contributed by atoms with Gasteiger partial charge in [-0.1, -0.05) is 12.1 Å². The lowest BCUT2D eigenvalue weighted by Crippen LogP contribution is -2.43. The fraction of sp³-hybridized carbons (Fsp3) is 0.579. The summed E-state index contributed by atoms with van der Waals surface area (Å²) in [6, 6.07) is 5.69. The molecule has 0 bridgehead atoms. The van der Waals surface area contributed by atoms with E-state index in [0.29, 0.717) is 6.54 Å². The zero-order valence-corrected chi connectivity index (χ0v) is 15.8. The van der Waals surface area contributed by atoms with E-state index in [-0.39, 0.29) is 24.2 Å². The van der Waals surface area contributed by atoms with Gasteiger partial charge >= 0.3 is 12.1 Å². The van der Waals surface area contributed by atoms with Gasteiger partial charge in [-0.25, -0.2) is 14.0 Å². The molecule has 1 aliphatic heterocycles. The molecule has 1 aromatic carbocycles. The monoisotopic (exact) mass is 369 g/mol. The van der Waals surface area contributed by atoms with Gasteiger partial charge in [0.1, 0.15) is 11.4 Å². The van der Waals surface area contributed by atoms with E-state index in [2.05, 4.69) is 4.74 Å². The molecule has 6 nitrogen and oxygen atoms in total. The van der Waals surface area contributed by atoms with Gasteiger partial charge in [0.2, 0.25) is 0 Å². The largest absolute Gasteiger partial charge is 0.465 e. The second-order valence-electron chi connectivity index (χ2n) is 7.09. The number of hydrogen-bond acceptors (Lipinski definition) is 5. The first-order valence-electron chi connectivity index (χ1n) is 8.59. The van der Waals surface area contributed by atoms with Gasteiger partial charge in [-0.3, -0.25) is 0 Å². The summed E-state index contributed by atoms with van der Waals surface area (Å²) in [5, 5.41) is 9.04. The topological polar surface area (TPSA) is 76.1 Å². The highest BCUT2D eigenvalue weighted by atomic mass is 19.1. The maximum Gasteiger partial charge on any atom is 0.410 e. The van der Waals surface area contributed by atoms with Crippen molar-refractivity contribution in [2.24, 2.45) is 5.92 Å². The Morgan fingerprint density at radius 3 is 2.50 bits per heavy atom.